The quantitative estimate of drug-likeness (QED) is 0.253. The molecule has 3 aliphatic rings. The number of rotatable bonds is 10. The van der Waals surface area contributed by atoms with Crippen LogP contribution >= 0.6 is 11.8 Å². The molecule has 36 heavy (non-hydrogen) atoms. The highest BCUT2D eigenvalue weighted by molar-refractivity contribution is 7.99. The molecule has 1 heterocycles. The second kappa shape index (κ2) is 11.8. The molecule has 4 rings (SSSR count). The van der Waals surface area contributed by atoms with Crippen LogP contribution in [0.15, 0.2) is 35.2 Å². The first kappa shape index (κ1) is 28.0. The van der Waals surface area contributed by atoms with Crippen molar-refractivity contribution in [1.29, 1.82) is 0 Å². The third-order valence-electron chi connectivity index (χ3n) is 10.3. The van der Waals surface area contributed by atoms with Gasteiger partial charge in [-0.15, -0.1) is 11.8 Å². The number of cyclic esters (lactones) is 1. The minimum Gasteiger partial charge on any atom is -0.459 e. The van der Waals surface area contributed by atoms with E-state index in [-0.39, 0.29) is 5.97 Å². The van der Waals surface area contributed by atoms with Crippen molar-refractivity contribution in [2.75, 3.05) is 5.75 Å². The molecule has 2 saturated carbocycles. The zero-order valence-corrected chi connectivity index (χ0v) is 24.2. The summed E-state index contributed by atoms with van der Waals surface area (Å²) in [7, 11) is 0. The van der Waals surface area contributed by atoms with Gasteiger partial charge in [0.1, 0.15) is 5.60 Å². The standard InChI is InChI=1S/C32H50O3S/c1-22(2)10-9-11-23(3)27-15-16-28-26-14-17-30(34)35-32(5,29(26)18-19-31(27,28)4)20-24(33)21-36-25-12-7-6-8-13-25/h6-8,12-13,22-24,26-29,33H,9-11,14-21H2,1-5H3/t23-,24-,26+,27-,28+,29+,31-,32-/m1/s1. The summed E-state index contributed by atoms with van der Waals surface area (Å²) in [5, 5.41) is 11.1. The van der Waals surface area contributed by atoms with E-state index < -0.39 is 11.7 Å². The lowest BCUT2D eigenvalue weighted by molar-refractivity contribution is -0.170. The Morgan fingerprint density at radius 2 is 1.78 bits per heavy atom. The van der Waals surface area contributed by atoms with Gasteiger partial charge in [-0.3, -0.25) is 4.79 Å². The number of fused-ring (bicyclic) bond motifs is 3. The van der Waals surface area contributed by atoms with Crippen molar-refractivity contribution >= 4 is 17.7 Å². The predicted octanol–water partition coefficient (Wildman–Crippen LogP) is 8.15. The number of ether oxygens (including phenoxy) is 1. The lowest BCUT2D eigenvalue weighted by Crippen LogP contribution is -2.51. The highest BCUT2D eigenvalue weighted by Gasteiger charge is 2.59. The number of aliphatic hydroxyl groups is 1. The van der Waals surface area contributed by atoms with Crippen molar-refractivity contribution in [3.63, 3.8) is 0 Å². The van der Waals surface area contributed by atoms with Crippen LogP contribution in [0.1, 0.15) is 98.8 Å². The molecule has 8 atom stereocenters. The number of benzene rings is 1. The molecule has 1 aliphatic heterocycles. The number of carbonyl (C=O) groups is 1. The summed E-state index contributed by atoms with van der Waals surface area (Å²) in [6.07, 6.45) is 10.6. The van der Waals surface area contributed by atoms with E-state index in [0.29, 0.717) is 41.8 Å². The van der Waals surface area contributed by atoms with Crippen molar-refractivity contribution in [3.8, 4) is 0 Å². The fourth-order valence-corrected chi connectivity index (χ4v) is 9.43. The average molecular weight is 515 g/mol. The van der Waals surface area contributed by atoms with Crippen molar-refractivity contribution in [1.82, 2.24) is 0 Å². The van der Waals surface area contributed by atoms with E-state index in [4.69, 9.17) is 4.74 Å². The molecule has 1 aromatic carbocycles. The van der Waals surface area contributed by atoms with Gasteiger partial charge in [0.05, 0.1) is 6.10 Å². The summed E-state index contributed by atoms with van der Waals surface area (Å²) < 4.78 is 6.21. The number of hydrogen-bond donors (Lipinski definition) is 1. The van der Waals surface area contributed by atoms with Crippen LogP contribution in [0.25, 0.3) is 0 Å². The summed E-state index contributed by atoms with van der Waals surface area (Å²) in [5.74, 6) is 4.51. The van der Waals surface area contributed by atoms with Gasteiger partial charge >= 0.3 is 5.97 Å². The molecule has 0 spiro atoms. The molecule has 3 fully saturated rings. The highest BCUT2D eigenvalue weighted by Crippen LogP contribution is 2.64. The largest absolute Gasteiger partial charge is 0.459 e. The van der Waals surface area contributed by atoms with Crippen LogP contribution in [-0.4, -0.2) is 28.5 Å². The van der Waals surface area contributed by atoms with Crippen molar-refractivity contribution in [3.05, 3.63) is 30.3 Å². The Hall–Kier alpha value is -1.00. The Bertz CT molecular complexity index is 856. The van der Waals surface area contributed by atoms with Gasteiger partial charge in [0.2, 0.25) is 0 Å². The van der Waals surface area contributed by atoms with Crippen LogP contribution in [-0.2, 0) is 9.53 Å². The zero-order valence-electron chi connectivity index (χ0n) is 23.4. The van der Waals surface area contributed by atoms with Gasteiger partial charge in [-0.05, 0) is 86.2 Å². The molecule has 0 radical (unpaired) electrons. The molecular formula is C32H50O3S. The second-order valence-corrected chi connectivity index (χ2v) is 14.3. The summed E-state index contributed by atoms with van der Waals surface area (Å²) in [5.41, 5.74) is -0.189. The molecule has 1 saturated heterocycles. The third kappa shape index (κ3) is 6.17. The molecule has 202 valence electrons. The van der Waals surface area contributed by atoms with Crippen LogP contribution in [0.2, 0.25) is 0 Å². The third-order valence-corrected chi connectivity index (χ3v) is 11.4. The van der Waals surface area contributed by atoms with Crippen molar-refractivity contribution in [2.24, 2.45) is 40.9 Å². The molecule has 1 aromatic rings. The lowest BCUT2D eigenvalue weighted by atomic mass is 9.53. The van der Waals surface area contributed by atoms with Gasteiger partial charge < -0.3 is 9.84 Å². The van der Waals surface area contributed by atoms with Crippen molar-refractivity contribution in [2.45, 2.75) is 115 Å². The normalized spacial score (nSPS) is 36.0. The molecule has 3 nitrogen and oxygen atoms in total. The number of carbonyl (C=O) groups excluding carboxylic acids is 1. The maximum absolute atomic E-state index is 12.8. The van der Waals surface area contributed by atoms with Crippen LogP contribution in [0, 0.1) is 40.9 Å². The predicted molar refractivity (Wildman–Crippen MR) is 150 cm³/mol. The molecular weight excluding hydrogens is 464 g/mol. The molecule has 1 N–H and O–H groups in total. The van der Waals surface area contributed by atoms with Crippen LogP contribution in [0.5, 0.6) is 0 Å². The van der Waals surface area contributed by atoms with Crippen molar-refractivity contribution < 1.29 is 14.6 Å². The summed E-state index contributed by atoms with van der Waals surface area (Å²) in [6.45, 7) is 11.9. The number of thioether (sulfide) groups is 1. The highest BCUT2D eigenvalue weighted by atomic mass is 32.2. The van der Waals surface area contributed by atoms with E-state index in [1.165, 1.54) is 43.4 Å². The van der Waals surface area contributed by atoms with Gasteiger partial charge in [0.15, 0.2) is 0 Å². The SMILES string of the molecule is CC(C)CCC[C@@H](C)[C@H]1CC[C@H]2[C@@H]3CCC(=O)O[C@](C)(C[C@@H](O)CSc4ccccc4)[C@H]3CC[C@]12C. The molecule has 0 unspecified atom stereocenters. The minimum absolute atomic E-state index is 0.0619. The van der Waals surface area contributed by atoms with Gasteiger partial charge in [-0.2, -0.15) is 0 Å². The van der Waals surface area contributed by atoms with Gasteiger partial charge in [-0.1, -0.05) is 65.2 Å². The summed E-state index contributed by atoms with van der Waals surface area (Å²) in [4.78, 5) is 14.0. The molecule has 4 heteroatoms. The maximum Gasteiger partial charge on any atom is 0.306 e. The second-order valence-electron chi connectivity index (χ2n) is 13.2. The van der Waals surface area contributed by atoms with E-state index >= 15 is 0 Å². The number of hydrogen-bond acceptors (Lipinski definition) is 4. The summed E-state index contributed by atoms with van der Waals surface area (Å²) in [6, 6.07) is 10.3. The van der Waals surface area contributed by atoms with E-state index in [1.807, 2.05) is 18.2 Å². The lowest BCUT2D eigenvalue weighted by Gasteiger charge is -2.53. The first-order chi connectivity index (χ1) is 17.1. The molecule has 0 amide bonds. The Morgan fingerprint density at radius 3 is 2.50 bits per heavy atom. The van der Waals surface area contributed by atoms with E-state index in [9.17, 15) is 9.90 Å². The Balaban J connectivity index is 1.45. The monoisotopic (exact) mass is 514 g/mol. The molecule has 0 bridgehead atoms. The van der Waals surface area contributed by atoms with E-state index in [0.717, 1.165) is 30.6 Å². The topological polar surface area (TPSA) is 46.5 Å². The van der Waals surface area contributed by atoms with Gasteiger partial charge in [0, 0.05) is 29.4 Å². The maximum atomic E-state index is 12.8. The fourth-order valence-electron chi connectivity index (χ4n) is 8.57. The first-order valence-corrected chi connectivity index (χ1v) is 15.7. The van der Waals surface area contributed by atoms with Gasteiger partial charge in [-0.25, -0.2) is 0 Å². The fraction of sp³-hybridized carbons (Fsp3) is 0.781. The molecule has 2 aliphatic carbocycles. The minimum atomic E-state index is -0.572. The van der Waals surface area contributed by atoms with E-state index in [1.54, 1.807) is 11.8 Å². The Kier molecular flexibility index (Phi) is 9.19. The summed E-state index contributed by atoms with van der Waals surface area (Å²) >= 11 is 1.69. The number of aliphatic hydroxyl groups excluding tert-OH is 1. The van der Waals surface area contributed by atoms with Crippen LogP contribution in [0.3, 0.4) is 0 Å². The first-order valence-electron chi connectivity index (χ1n) is 14.7. The van der Waals surface area contributed by atoms with E-state index in [2.05, 4.69) is 46.8 Å². The van der Waals surface area contributed by atoms with Gasteiger partial charge in [0.25, 0.3) is 0 Å². The van der Waals surface area contributed by atoms with Crippen LogP contribution < -0.4 is 0 Å². The Morgan fingerprint density at radius 1 is 1.03 bits per heavy atom. The Labute approximate surface area is 224 Å². The van der Waals surface area contributed by atoms with Crippen LogP contribution in [0.4, 0.5) is 0 Å². The zero-order chi connectivity index (χ0) is 25.9. The number of esters is 1. The molecule has 0 aromatic heterocycles. The smallest absolute Gasteiger partial charge is 0.306 e. The average Bonchev–Trinajstić information content (AvgIpc) is 3.12.